The van der Waals surface area contributed by atoms with Crippen LogP contribution >= 0.6 is 0 Å². The summed E-state index contributed by atoms with van der Waals surface area (Å²) in [6.45, 7) is 1.62. The van der Waals surface area contributed by atoms with Crippen molar-refractivity contribution in [2.75, 3.05) is 6.61 Å². The Labute approximate surface area is 105 Å². The highest BCUT2D eigenvalue weighted by Crippen LogP contribution is 2.22. The Balaban J connectivity index is 3.10. The van der Waals surface area contributed by atoms with Gasteiger partial charge in [-0.05, 0) is 6.92 Å². The minimum atomic E-state index is -2.26. The predicted octanol–water partition coefficient (Wildman–Crippen LogP) is 2.69. The van der Waals surface area contributed by atoms with E-state index in [0.717, 1.165) is 0 Å². The normalized spacial score (nSPS) is 9.79. The third-order valence-corrected chi connectivity index (χ3v) is 1.96. The van der Waals surface area contributed by atoms with Crippen LogP contribution in [0.4, 0.5) is 22.0 Å². The number of halogens is 5. The van der Waals surface area contributed by atoms with Gasteiger partial charge in [0, 0.05) is 0 Å². The van der Waals surface area contributed by atoms with Crippen LogP contribution < -0.4 is 0 Å². The molecular formula is C12H7F5O2. The fourth-order valence-electron chi connectivity index (χ4n) is 1.13. The molecule has 0 amide bonds. The lowest BCUT2D eigenvalue weighted by atomic mass is 10.1. The maximum Gasteiger partial charge on any atom is 0.317 e. The van der Waals surface area contributed by atoms with Gasteiger partial charge in [0.15, 0.2) is 23.3 Å². The molecule has 0 saturated carbocycles. The zero-order valence-electron chi connectivity index (χ0n) is 9.62. The van der Waals surface area contributed by atoms with Crippen molar-refractivity contribution in [3.63, 3.8) is 0 Å². The number of rotatable bonds is 2. The molecule has 0 spiro atoms. The Morgan fingerprint density at radius 1 is 1.00 bits per heavy atom. The third kappa shape index (κ3) is 3.22. The van der Waals surface area contributed by atoms with Gasteiger partial charge in [-0.25, -0.2) is 22.0 Å². The number of ether oxygens (including phenoxy) is 1. The van der Waals surface area contributed by atoms with Gasteiger partial charge >= 0.3 is 5.97 Å². The van der Waals surface area contributed by atoms with Crippen LogP contribution in [0.15, 0.2) is 0 Å². The van der Waals surface area contributed by atoms with Gasteiger partial charge < -0.3 is 4.74 Å². The molecule has 0 bridgehead atoms. The first kappa shape index (κ1) is 15.0. The van der Waals surface area contributed by atoms with Crippen LogP contribution in [0, 0.1) is 40.9 Å². The van der Waals surface area contributed by atoms with Crippen molar-refractivity contribution < 1.29 is 31.5 Å². The van der Waals surface area contributed by atoms with Crippen LogP contribution in [0.2, 0.25) is 0 Å². The number of benzene rings is 1. The number of hydrogen-bond acceptors (Lipinski definition) is 2. The molecule has 2 nitrogen and oxygen atoms in total. The summed E-state index contributed by atoms with van der Waals surface area (Å²) in [5.41, 5.74) is -1.28. The molecule has 0 radical (unpaired) electrons. The van der Waals surface area contributed by atoms with Crippen LogP contribution in [-0.2, 0) is 9.53 Å². The molecule has 0 fully saturated rings. The van der Waals surface area contributed by atoms with Gasteiger partial charge in [-0.15, -0.1) is 0 Å². The van der Waals surface area contributed by atoms with Crippen LogP contribution in [0.5, 0.6) is 0 Å². The van der Waals surface area contributed by atoms with Crippen LogP contribution in [0.1, 0.15) is 18.9 Å². The van der Waals surface area contributed by atoms with E-state index in [-0.39, 0.29) is 6.61 Å². The third-order valence-electron chi connectivity index (χ3n) is 1.96. The van der Waals surface area contributed by atoms with Crippen LogP contribution in [0.25, 0.3) is 0 Å². The maximum atomic E-state index is 13.1. The molecule has 0 unspecified atom stereocenters. The summed E-state index contributed by atoms with van der Waals surface area (Å²) in [6, 6.07) is 0. The summed E-state index contributed by atoms with van der Waals surface area (Å²) in [6.07, 6.45) is -0.521. The molecule has 0 aromatic heterocycles. The molecule has 102 valence electrons. The Morgan fingerprint density at radius 3 is 1.95 bits per heavy atom. The van der Waals surface area contributed by atoms with Crippen molar-refractivity contribution >= 4 is 5.97 Å². The fourth-order valence-corrected chi connectivity index (χ4v) is 1.13. The highest BCUT2D eigenvalue weighted by atomic mass is 19.2. The second-order valence-corrected chi connectivity index (χ2v) is 3.23. The molecule has 0 saturated heterocycles. The molecule has 19 heavy (non-hydrogen) atoms. The summed E-state index contributed by atoms with van der Waals surface area (Å²) >= 11 is 0. The zero-order valence-corrected chi connectivity index (χ0v) is 9.62. The van der Waals surface area contributed by atoms with Gasteiger partial charge in [0.1, 0.15) is 12.0 Å². The van der Waals surface area contributed by atoms with E-state index in [1.807, 2.05) is 5.92 Å². The lowest BCUT2D eigenvalue weighted by molar-refractivity contribution is -0.141. The highest BCUT2D eigenvalue weighted by Gasteiger charge is 2.24. The molecule has 1 rings (SSSR count). The molecule has 1 aromatic carbocycles. The molecule has 0 N–H and O–H groups in total. The lowest BCUT2D eigenvalue weighted by Crippen LogP contribution is -2.05. The van der Waals surface area contributed by atoms with E-state index >= 15 is 0 Å². The summed E-state index contributed by atoms with van der Waals surface area (Å²) in [5, 5.41) is 0. The van der Waals surface area contributed by atoms with Crippen molar-refractivity contribution in [1.29, 1.82) is 0 Å². The number of carbonyl (C=O) groups excluding carboxylic acids is 1. The quantitative estimate of drug-likeness (QED) is 0.273. The standard InChI is InChI=1S/C12H7F5O2/c1-2-19-7(18)5-3-4-6-8(13)10(15)12(17)11(16)9(6)14/h2,5H2,1H3. The second-order valence-electron chi connectivity index (χ2n) is 3.23. The van der Waals surface area contributed by atoms with Gasteiger partial charge in [-0.3, -0.25) is 4.79 Å². The van der Waals surface area contributed by atoms with E-state index in [9.17, 15) is 26.7 Å². The first-order valence-electron chi connectivity index (χ1n) is 5.06. The SMILES string of the molecule is CCOC(=O)CC#Cc1c(F)c(F)c(F)c(F)c1F. The molecule has 0 atom stereocenters. The maximum absolute atomic E-state index is 13.1. The molecule has 0 aliphatic rings. The molecular weight excluding hydrogens is 271 g/mol. The van der Waals surface area contributed by atoms with Gasteiger partial charge in [-0.2, -0.15) is 0 Å². The van der Waals surface area contributed by atoms with E-state index in [0.29, 0.717) is 0 Å². The average molecular weight is 278 g/mol. The molecule has 0 aliphatic heterocycles. The van der Waals surface area contributed by atoms with Crippen molar-refractivity contribution in [3.05, 3.63) is 34.6 Å². The minimum Gasteiger partial charge on any atom is -0.465 e. The van der Waals surface area contributed by atoms with Crippen molar-refractivity contribution in [3.8, 4) is 11.8 Å². The summed E-state index contributed by atoms with van der Waals surface area (Å²) < 4.78 is 69.0. The van der Waals surface area contributed by atoms with E-state index in [1.54, 1.807) is 5.92 Å². The van der Waals surface area contributed by atoms with Crippen LogP contribution in [0.3, 0.4) is 0 Å². The van der Waals surface area contributed by atoms with Crippen molar-refractivity contribution in [2.45, 2.75) is 13.3 Å². The Hall–Kier alpha value is -2.10. The Kier molecular flexibility index (Phi) is 4.87. The Bertz CT molecular complexity index is 543. The minimum absolute atomic E-state index is 0.0863. The Morgan fingerprint density at radius 2 is 1.47 bits per heavy atom. The second kappa shape index (κ2) is 6.18. The summed E-state index contributed by atoms with van der Waals surface area (Å²) in [5.74, 6) is -7.55. The van der Waals surface area contributed by atoms with Gasteiger partial charge in [0.25, 0.3) is 0 Å². The highest BCUT2D eigenvalue weighted by molar-refractivity contribution is 5.72. The number of carbonyl (C=O) groups is 1. The predicted molar refractivity (Wildman–Crippen MR) is 54.4 cm³/mol. The topological polar surface area (TPSA) is 26.3 Å². The van der Waals surface area contributed by atoms with Gasteiger partial charge in [0.2, 0.25) is 5.82 Å². The monoisotopic (exact) mass is 278 g/mol. The van der Waals surface area contributed by atoms with Crippen LogP contribution in [-0.4, -0.2) is 12.6 Å². The van der Waals surface area contributed by atoms with E-state index in [4.69, 9.17) is 0 Å². The summed E-state index contributed by atoms with van der Waals surface area (Å²) in [7, 11) is 0. The van der Waals surface area contributed by atoms with E-state index < -0.39 is 47.0 Å². The number of esters is 1. The first-order valence-corrected chi connectivity index (χ1v) is 5.06. The van der Waals surface area contributed by atoms with Crippen molar-refractivity contribution in [2.24, 2.45) is 0 Å². The van der Waals surface area contributed by atoms with E-state index in [2.05, 4.69) is 4.74 Å². The first-order chi connectivity index (χ1) is 8.90. The van der Waals surface area contributed by atoms with Gasteiger partial charge in [-0.1, -0.05) is 11.8 Å². The summed E-state index contributed by atoms with van der Waals surface area (Å²) in [4.78, 5) is 10.9. The molecule has 0 heterocycles. The molecule has 1 aromatic rings. The number of hydrogen-bond donors (Lipinski definition) is 0. The smallest absolute Gasteiger partial charge is 0.317 e. The largest absolute Gasteiger partial charge is 0.465 e. The lowest BCUT2D eigenvalue weighted by Gasteiger charge is -2.02. The average Bonchev–Trinajstić information content (AvgIpc) is 2.38. The molecule has 0 aliphatic carbocycles. The van der Waals surface area contributed by atoms with Gasteiger partial charge in [0.05, 0.1) is 6.61 Å². The van der Waals surface area contributed by atoms with E-state index in [1.165, 1.54) is 6.92 Å². The fraction of sp³-hybridized carbons (Fsp3) is 0.250. The van der Waals surface area contributed by atoms with Crippen molar-refractivity contribution in [1.82, 2.24) is 0 Å². The molecule has 7 heteroatoms. The zero-order chi connectivity index (χ0) is 14.6.